The van der Waals surface area contributed by atoms with Gasteiger partial charge in [0.05, 0.1) is 30.1 Å². The third-order valence-corrected chi connectivity index (χ3v) is 5.92. The quantitative estimate of drug-likeness (QED) is 0.448. The van der Waals surface area contributed by atoms with E-state index in [4.69, 9.17) is 16.7 Å². The molecule has 1 unspecified atom stereocenters. The summed E-state index contributed by atoms with van der Waals surface area (Å²) in [6, 6.07) is 8.13. The summed E-state index contributed by atoms with van der Waals surface area (Å²) in [4.78, 5) is 26.5. The average molecular weight is 443 g/mol. The summed E-state index contributed by atoms with van der Waals surface area (Å²) in [5.74, 6) is 0.594. The lowest BCUT2D eigenvalue weighted by molar-refractivity contribution is -0.131. The molecule has 31 heavy (non-hydrogen) atoms. The van der Waals surface area contributed by atoms with Gasteiger partial charge in [-0.2, -0.15) is 0 Å². The molecule has 1 amide bonds. The number of H-pyrrole nitrogens is 1. The van der Waals surface area contributed by atoms with Crippen molar-refractivity contribution in [3.63, 3.8) is 0 Å². The van der Waals surface area contributed by atoms with Crippen molar-refractivity contribution in [2.24, 2.45) is 0 Å². The first-order valence-electron chi connectivity index (χ1n) is 10.5. The number of likely N-dealkylation sites (tertiary alicyclic amines) is 1. The molecule has 1 saturated heterocycles. The van der Waals surface area contributed by atoms with Gasteiger partial charge < -0.3 is 25.6 Å². The predicted octanol–water partition coefficient (Wildman–Crippen LogP) is 2.65. The summed E-state index contributed by atoms with van der Waals surface area (Å²) in [7, 11) is 0. The summed E-state index contributed by atoms with van der Waals surface area (Å²) < 4.78 is 0. The fourth-order valence-electron chi connectivity index (χ4n) is 3.79. The first kappa shape index (κ1) is 21.5. The Labute approximate surface area is 186 Å². The van der Waals surface area contributed by atoms with Gasteiger partial charge in [-0.25, -0.2) is 9.97 Å². The predicted molar refractivity (Wildman–Crippen MR) is 122 cm³/mol. The van der Waals surface area contributed by atoms with Crippen molar-refractivity contribution in [1.29, 1.82) is 0 Å². The molecule has 1 atom stereocenters. The monoisotopic (exact) mass is 442 g/mol. The highest BCUT2D eigenvalue weighted by atomic mass is 35.5. The van der Waals surface area contributed by atoms with E-state index >= 15 is 0 Å². The Morgan fingerprint density at radius 2 is 2.13 bits per heavy atom. The van der Waals surface area contributed by atoms with Crippen molar-refractivity contribution in [1.82, 2.24) is 25.2 Å². The molecular formula is C22H27ClN6O2. The second-order valence-electron chi connectivity index (χ2n) is 7.90. The molecule has 3 aromatic rings. The van der Waals surface area contributed by atoms with Crippen LogP contribution in [0.1, 0.15) is 19.8 Å². The summed E-state index contributed by atoms with van der Waals surface area (Å²) in [6.07, 6.45) is 5.17. The molecule has 1 aliphatic heterocycles. The van der Waals surface area contributed by atoms with E-state index in [9.17, 15) is 4.79 Å². The van der Waals surface area contributed by atoms with Gasteiger partial charge in [0, 0.05) is 47.8 Å². The molecule has 2 aromatic heterocycles. The number of nitrogens with zero attached hydrogens (tertiary/aromatic N) is 3. The van der Waals surface area contributed by atoms with Crippen molar-refractivity contribution in [3.8, 4) is 11.3 Å². The van der Waals surface area contributed by atoms with Crippen LogP contribution in [0.25, 0.3) is 22.2 Å². The zero-order valence-corrected chi connectivity index (χ0v) is 18.2. The van der Waals surface area contributed by atoms with Crippen molar-refractivity contribution < 1.29 is 9.90 Å². The minimum absolute atomic E-state index is 0.0148. The maximum absolute atomic E-state index is 12.3. The number of hydrogen-bond donors (Lipinski definition) is 4. The lowest BCUT2D eigenvalue weighted by atomic mass is 10.1. The van der Waals surface area contributed by atoms with Gasteiger partial charge in [-0.1, -0.05) is 29.8 Å². The summed E-state index contributed by atoms with van der Waals surface area (Å²) in [6.45, 7) is 3.46. The number of piperidine rings is 1. The van der Waals surface area contributed by atoms with Gasteiger partial charge in [0.25, 0.3) is 0 Å². The van der Waals surface area contributed by atoms with Crippen molar-refractivity contribution in [2.75, 3.05) is 31.6 Å². The van der Waals surface area contributed by atoms with Crippen molar-refractivity contribution in [3.05, 3.63) is 41.7 Å². The largest absolute Gasteiger partial charge is 0.395 e. The Morgan fingerprint density at radius 1 is 1.35 bits per heavy atom. The van der Waals surface area contributed by atoms with E-state index in [0.29, 0.717) is 29.8 Å². The number of benzene rings is 1. The maximum Gasteiger partial charge on any atom is 0.236 e. The summed E-state index contributed by atoms with van der Waals surface area (Å²) in [5.41, 5.74) is 2.66. The fraction of sp³-hybridized carbons (Fsp3) is 0.409. The second-order valence-corrected chi connectivity index (χ2v) is 8.31. The molecule has 4 N–H and O–H groups in total. The number of halogens is 1. The molecule has 0 spiro atoms. The molecule has 3 heterocycles. The molecule has 0 bridgehead atoms. The summed E-state index contributed by atoms with van der Waals surface area (Å²) >= 11 is 6.41. The lowest BCUT2D eigenvalue weighted by Gasteiger charge is -2.32. The number of aliphatic hydroxyl groups is 1. The van der Waals surface area contributed by atoms with E-state index in [1.54, 1.807) is 6.20 Å². The number of nitrogens with one attached hydrogen (secondary N) is 3. The minimum atomic E-state index is -0.0865. The van der Waals surface area contributed by atoms with Gasteiger partial charge in [-0.3, -0.25) is 4.79 Å². The Kier molecular flexibility index (Phi) is 6.70. The second kappa shape index (κ2) is 9.64. The normalized spacial score (nSPS) is 15.9. The Bertz CT molecular complexity index is 1050. The number of anilines is 1. The first-order chi connectivity index (χ1) is 15.0. The Morgan fingerprint density at radius 3 is 2.90 bits per heavy atom. The molecule has 4 rings (SSSR count). The standard InChI is InChI=1S/C22H27ClN6O2/c1-14(13-30)24-12-20(31)29-8-6-15(7-9-29)27-22-26-11-18(23)21(28-22)17-10-25-19-5-3-2-4-16(17)19/h2-5,10-11,14-15,24-25,30H,6-9,12-13H2,1H3,(H,26,27,28). The van der Waals surface area contributed by atoms with Crippen molar-refractivity contribution >= 4 is 34.4 Å². The van der Waals surface area contributed by atoms with Crippen LogP contribution in [-0.4, -0.2) is 69.2 Å². The van der Waals surface area contributed by atoms with Crippen LogP contribution in [0.15, 0.2) is 36.7 Å². The number of aromatic amines is 1. The number of amides is 1. The number of fused-ring (bicyclic) bond motifs is 1. The third kappa shape index (κ3) is 4.98. The zero-order chi connectivity index (χ0) is 21.8. The molecular weight excluding hydrogens is 416 g/mol. The van der Waals surface area contributed by atoms with Crippen LogP contribution in [0, 0.1) is 0 Å². The number of aliphatic hydroxyl groups excluding tert-OH is 1. The molecule has 1 aliphatic rings. The maximum atomic E-state index is 12.3. The van der Waals surface area contributed by atoms with Crippen LogP contribution < -0.4 is 10.6 Å². The topological polar surface area (TPSA) is 106 Å². The van der Waals surface area contributed by atoms with Gasteiger partial charge in [-0.05, 0) is 25.8 Å². The van der Waals surface area contributed by atoms with Crippen LogP contribution in [-0.2, 0) is 4.79 Å². The van der Waals surface area contributed by atoms with E-state index < -0.39 is 0 Å². The Balaban J connectivity index is 1.39. The number of para-hydroxylation sites is 1. The highest BCUT2D eigenvalue weighted by molar-refractivity contribution is 6.33. The van der Waals surface area contributed by atoms with Gasteiger partial charge in [0.2, 0.25) is 11.9 Å². The van der Waals surface area contributed by atoms with Crippen LogP contribution in [0.2, 0.25) is 5.02 Å². The minimum Gasteiger partial charge on any atom is -0.395 e. The number of carbonyl (C=O) groups excluding carboxylic acids is 1. The van der Waals surface area contributed by atoms with Gasteiger partial charge in [0.1, 0.15) is 0 Å². The Hall–Kier alpha value is -2.68. The number of carbonyl (C=O) groups is 1. The number of rotatable bonds is 7. The van der Waals surface area contributed by atoms with Gasteiger partial charge in [0.15, 0.2) is 0 Å². The third-order valence-electron chi connectivity index (χ3n) is 5.64. The zero-order valence-electron chi connectivity index (χ0n) is 17.4. The molecule has 1 aromatic carbocycles. The molecule has 0 saturated carbocycles. The first-order valence-corrected chi connectivity index (χ1v) is 10.9. The van der Waals surface area contributed by atoms with Crippen LogP contribution in [0.3, 0.4) is 0 Å². The molecule has 164 valence electrons. The highest BCUT2D eigenvalue weighted by Gasteiger charge is 2.23. The smallest absolute Gasteiger partial charge is 0.236 e. The number of hydrogen-bond acceptors (Lipinski definition) is 6. The van der Waals surface area contributed by atoms with Gasteiger partial charge in [-0.15, -0.1) is 0 Å². The van der Waals surface area contributed by atoms with Crippen molar-refractivity contribution in [2.45, 2.75) is 31.8 Å². The van der Waals surface area contributed by atoms with E-state index in [1.807, 2.05) is 42.3 Å². The van der Waals surface area contributed by atoms with Crippen LogP contribution in [0.5, 0.6) is 0 Å². The molecule has 1 fully saturated rings. The number of aromatic nitrogens is 3. The summed E-state index contributed by atoms with van der Waals surface area (Å²) in [5, 5.41) is 17.1. The SMILES string of the molecule is CC(CO)NCC(=O)N1CCC(Nc2ncc(Cl)c(-c3c[nH]c4ccccc34)n2)CC1. The highest BCUT2D eigenvalue weighted by Crippen LogP contribution is 2.32. The van der Waals surface area contributed by atoms with E-state index in [0.717, 1.165) is 29.3 Å². The average Bonchev–Trinajstić information content (AvgIpc) is 3.23. The van der Waals surface area contributed by atoms with E-state index in [-0.39, 0.29) is 31.1 Å². The fourth-order valence-corrected chi connectivity index (χ4v) is 3.98. The van der Waals surface area contributed by atoms with Crippen LogP contribution in [0.4, 0.5) is 5.95 Å². The van der Waals surface area contributed by atoms with E-state index in [1.165, 1.54) is 0 Å². The van der Waals surface area contributed by atoms with E-state index in [2.05, 4.69) is 25.6 Å². The molecule has 8 nitrogen and oxygen atoms in total. The van der Waals surface area contributed by atoms with Crippen LogP contribution >= 0.6 is 11.6 Å². The lowest BCUT2D eigenvalue weighted by Crippen LogP contribution is -2.47. The molecule has 0 aliphatic carbocycles. The molecule has 9 heteroatoms. The van der Waals surface area contributed by atoms with Gasteiger partial charge >= 0.3 is 0 Å². The molecule has 0 radical (unpaired) electrons.